The number of aromatic nitrogens is 2. The molecule has 0 radical (unpaired) electrons. The summed E-state index contributed by atoms with van der Waals surface area (Å²) in [6.07, 6.45) is 5.22. The fourth-order valence-electron chi connectivity index (χ4n) is 3.30. The Kier molecular flexibility index (Phi) is 4.80. The van der Waals surface area contributed by atoms with E-state index in [-0.39, 0.29) is 24.3 Å². The van der Waals surface area contributed by atoms with Crippen LogP contribution in [-0.2, 0) is 16.1 Å². The van der Waals surface area contributed by atoms with Crippen LogP contribution in [0.4, 0.5) is 0 Å². The number of benzene rings is 1. The third-order valence-electron chi connectivity index (χ3n) is 4.65. The van der Waals surface area contributed by atoms with Gasteiger partial charge in [-0.2, -0.15) is 0 Å². The number of pyridine rings is 2. The summed E-state index contributed by atoms with van der Waals surface area (Å²) in [4.78, 5) is 23.0. The molecule has 136 valence electrons. The third-order valence-corrected chi connectivity index (χ3v) is 4.65. The van der Waals surface area contributed by atoms with Crippen molar-refractivity contribution in [3.63, 3.8) is 0 Å². The van der Waals surface area contributed by atoms with E-state index < -0.39 is 0 Å². The van der Waals surface area contributed by atoms with Crippen LogP contribution in [0.2, 0.25) is 0 Å². The first-order valence-corrected chi connectivity index (χ1v) is 8.73. The molecule has 3 heterocycles. The Hall–Kier alpha value is -3.25. The second-order valence-corrected chi connectivity index (χ2v) is 6.38. The van der Waals surface area contributed by atoms with Gasteiger partial charge in [-0.1, -0.05) is 18.2 Å². The van der Waals surface area contributed by atoms with Gasteiger partial charge < -0.3 is 14.7 Å². The molecule has 2 aromatic heterocycles. The van der Waals surface area contributed by atoms with Gasteiger partial charge in [-0.3, -0.25) is 14.8 Å². The summed E-state index contributed by atoms with van der Waals surface area (Å²) in [6, 6.07) is 14.3. The van der Waals surface area contributed by atoms with Gasteiger partial charge in [0.2, 0.25) is 5.91 Å². The summed E-state index contributed by atoms with van der Waals surface area (Å²) in [5.74, 6) is 0.139. The first kappa shape index (κ1) is 17.2. The quantitative estimate of drug-likeness (QED) is 0.773. The van der Waals surface area contributed by atoms with E-state index in [1.807, 2.05) is 36.4 Å². The van der Waals surface area contributed by atoms with Crippen LogP contribution >= 0.6 is 0 Å². The van der Waals surface area contributed by atoms with Gasteiger partial charge in [0.05, 0.1) is 24.9 Å². The van der Waals surface area contributed by atoms with Gasteiger partial charge in [-0.25, -0.2) is 0 Å². The van der Waals surface area contributed by atoms with Crippen LogP contribution in [0.25, 0.3) is 11.1 Å². The van der Waals surface area contributed by atoms with E-state index in [1.165, 1.54) is 0 Å². The molecule has 6 nitrogen and oxygen atoms in total. The topological polar surface area (TPSA) is 75.6 Å². The highest BCUT2D eigenvalue weighted by Gasteiger charge is 2.32. The van der Waals surface area contributed by atoms with Crippen LogP contribution in [0.5, 0.6) is 5.75 Å². The summed E-state index contributed by atoms with van der Waals surface area (Å²) in [5.41, 5.74) is 3.64. The van der Waals surface area contributed by atoms with Gasteiger partial charge in [0.25, 0.3) is 0 Å². The summed E-state index contributed by atoms with van der Waals surface area (Å²) in [7, 11) is 0. The fraction of sp³-hybridized carbons (Fsp3) is 0.190. The van der Waals surface area contributed by atoms with Crippen molar-refractivity contribution in [1.29, 1.82) is 0 Å². The van der Waals surface area contributed by atoms with Gasteiger partial charge in [0, 0.05) is 24.2 Å². The lowest BCUT2D eigenvalue weighted by molar-refractivity contribution is -0.149. The Morgan fingerprint density at radius 2 is 1.96 bits per heavy atom. The maximum Gasteiger partial charge on any atom is 0.249 e. The predicted octanol–water partition coefficient (Wildman–Crippen LogP) is 2.95. The van der Waals surface area contributed by atoms with Gasteiger partial charge in [-0.15, -0.1) is 0 Å². The van der Waals surface area contributed by atoms with Crippen molar-refractivity contribution in [2.75, 3.05) is 13.2 Å². The highest BCUT2D eigenvalue weighted by atomic mass is 16.5. The van der Waals surface area contributed by atoms with Crippen LogP contribution in [-0.4, -0.2) is 39.1 Å². The molecule has 3 aromatic rings. The maximum atomic E-state index is 12.6. The number of rotatable bonds is 4. The molecule has 1 amide bonds. The molecule has 0 spiro atoms. The Morgan fingerprint density at radius 1 is 1.11 bits per heavy atom. The molecule has 1 aromatic carbocycles. The SMILES string of the molecule is O=C1COCC(c2cnccc2-c2ccc(O)cc2)N1Cc1ccccn1. The van der Waals surface area contributed by atoms with Crippen LogP contribution in [0.3, 0.4) is 0 Å². The number of phenols is 1. The van der Waals surface area contributed by atoms with Gasteiger partial charge >= 0.3 is 0 Å². The fourth-order valence-corrected chi connectivity index (χ4v) is 3.30. The van der Waals surface area contributed by atoms with Crippen molar-refractivity contribution in [2.45, 2.75) is 12.6 Å². The van der Waals surface area contributed by atoms with Crippen molar-refractivity contribution in [3.8, 4) is 16.9 Å². The molecule has 1 unspecified atom stereocenters. The van der Waals surface area contributed by atoms with Crippen LogP contribution < -0.4 is 0 Å². The average Bonchev–Trinajstić information content (AvgIpc) is 2.71. The second-order valence-electron chi connectivity index (χ2n) is 6.38. The first-order valence-electron chi connectivity index (χ1n) is 8.73. The second kappa shape index (κ2) is 7.55. The zero-order valence-electron chi connectivity index (χ0n) is 14.7. The van der Waals surface area contributed by atoms with E-state index in [4.69, 9.17) is 4.74 Å². The molecule has 1 N–H and O–H groups in total. The Balaban J connectivity index is 1.72. The minimum atomic E-state index is -0.259. The van der Waals surface area contributed by atoms with Gasteiger partial charge in [0.15, 0.2) is 0 Å². The molecule has 4 rings (SSSR count). The molecule has 0 saturated carbocycles. The number of nitrogens with zero attached hydrogens (tertiary/aromatic N) is 3. The van der Waals surface area contributed by atoms with Crippen molar-refractivity contribution in [1.82, 2.24) is 14.9 Å². The number of aromatic hydroxyl groups is 1. The lowest BCUT2D eigenvalue weighted by atomic mass is 9.95. The Bertz CT molecular complexity index is 929. The van der Waals surface area contributed by atoms with Gasteiger partial charge in [0.1, 0.15) is 12.4 Å². The van der Waals surface area contributed by atoms with Crippen molar-refractivity contribution in [3.05, 3.63) is 78.4 Å². The maximum absolute atomic E-state index is 12.6. The standard InChI is InChI=1S/C21H19N3O3/c25-17-6-4-15(5-7-17)18-8-10-22-11-19(18)20-13-27-14-21(26)24(20)12-16-3-1-2-9-23-16/h1-11,20,25H,12-14H2. The molecule has 1 aliphatic heterocycles. The van der Waals surface area contributed by atoms with E-state index >= 15 is 0 Å². The van der Waals surface area contributed by atoms with Gasteiger partial charge in [-0.05, 0) is 41.5 Å². The molecule has 1 atom stereocenters. The summed E-state index contributed by atoms with van der Waals surface area (Å²) in [6.45, 7) is 0.880. The lowest BCUT2D eigenvalue weighted by Gasteiger charge is -2.36. The van der Waals surface area contributed by atoms with E-state index in [1.54, 1.807) is 35.6 Å². The number of ether oxygens (including phenoxy) is 1. The molecule has 1 aliphatic rings. The number of hydrogen-bond acceptors (Lipinski definition) is 5. The Labute approximate surface area is 157 Å². The number of carbonyl (C=O) groups excluding carboxylic acids is 1. The largest absolute Gasteiger partial charge is 0.508 e. The highest BCUT2D eigenvalue weighted by Crippen LogP contribution is 2.34. The smallest absolute Gasteiger partial charge is 0.249 e. The Morgan fingerprint density at radius 3 is 2.74 bits per heavy atom. The van der Waals surface area contributed by atoms with E-state index in [0.717, 1.165) is 22.4 Å². The summed E-state index contributed by atoms with van der Waals surface area (Å²) in [5, 5.41) is 9.57. The predicted molar refractivity (Wildman–Crippen MR) is 99.7 cm³/mol. The van der Waals surface area contributed by atoms with Crippen molar-refractivity contribution >= 4 is 5.91 Å². The molecule has 27 heavy (non-hydrogen) atoms. The minimum absolute atomic E-state index is 0.0676. The number of hydrogen-bond donors (Lipinski definition) is 1. The van der Waals surface area contributed by atoms with E-state index in [9.17, 15) is 9.90 Å². The number of carbonyl (C=O) groups is 1. The minimum Gasteiger partial charge on any atom is -0.508 e. The molecule has 1 fully saturated rings. The zero-order chi connectivity index (χ0) is 18.6. The summed E-state index contributed by atoms with van der Waals surface area (Å²) >= 11 is 0. The number of amides is 1. The molecule has 6 heteroatoms. The number of morpholine rings is 1. The molecular formula is C21H19N3O3. The monoisotopic (exact) mass is 361 g/mol. The zero-order valence-corrected chi connectivity index (χ0v) is 14.7. The van der Waals surface area contributed by atoms with Crippen LogP contribution in [0.1, 0.15) is 17.3 Å². The molecular weight excluding hydrogens is 342 g/mol. The lowest BCUT2D eigenvalue weighted by Crippen LogP contribution is -2.44. The average molecular weight is 361 g/mol. The van der Waals surface area contributed by atoms with Crippen LogP contribution in [0, 0.1) is 0 Å². The van der Waals surface area contributed by atoms with E-state index in [0.29, 0.717) is 13.2 Å². The van der Waals surface area contributed by atoms with Crippen molar-refractivity contribution < 1.29 is 14.6 Å². The number of phenolic OH excluding ortho intramolecular Hbond substituents is 1. The normalized spacial score (nSPS) is 17.1. The van der Waals surface area contributed by atoms with Crippen molar-refractivity contribution in [2.24, 2.45) is 0 Å². The third kappa shape index (κ3) is 3.66. The molecule has 0 aliphatic carbocycles. The molecule has 0 bridgehead atoms. The highest BCUT2D eigenvalue weighted by molar-refractivity contribution is 5.79. The van der Waals surface area contributed by atoms with Crippen LogP contribution in [0.15, 0.2) is 67.1 Å². The van der Waals surface area contributed by atoms with E-state index in [2.05, 4.69) is 9.97 Å². The summed E-state index contributed by atoms with van der Waals surface area (Å²) < 4.78 is 5.55. The first-order chi connectivity index (χ1) is 13.2. The molecule has 1 saturated heterocycles.